The summed E-state index contributed by atoms with van der Waals surface area (Å²) in [7, 11) is 1.90. The predicted molar refractivity (Wildman–Crippen MR) is 78.8 cm³/mol. The van der Waals surface area contributed by atoms with Crippen LogP contribution in [0.3, 0.4) is 0 Å². The zero-order valence-electron chi connectivity index (χ0n) is 12.4. The maximum absolute atomic E-state index is 5.77. The first-order chi connectivity index (χ1) is 9.67. The van der Waals surface area contributed by atoms with Crippen molar-refractivity contribution in [2.75, 3.05) is 13.7 Å². The normalized spacial score (nSPS) is 10.8. The van der Waals surface area contributed by atoms with Crippen LogP contribution in [0.15, 0.2) is 24.4 Å². The minimum Gasteiger partial charge on any atom is -0.494 e. The molecule has 1 heterocycles. The summed E-state index contributed by atoms with van der Waals surface area (Å²) in [5, 5.41) is 11.2. The van der Waals surface area contributed by atoms with Crippen molar-refractivity contribution in [3.05, 3.63) is 41.2 Å². The van der Waals surface area contributed by atoms with E-state index >= 15 is 0 Å². The zero-order valence-corrected chi connectivity index (χ0v) is 12.4. The molecule has 20 heavy (non-hydrogen) atoms. The summed E-state index contributed by atoms with van der Waals surface area (Å²) in [5.74, 6) is 0.942. The van der Waals surface area contributed by atoms with E-state index in [1.165, 1.54) is 11.1 Å². The van der Waals surface area contributed by atoms with Crippen molar-refractivity contribution in [3.63, 3.8) is 0 Å². The Hall–Kier alpha value is -1.88. The topological polar surface area (TPSA) is 52.0 Å². The van der Waals surface area contributed by atoms with Crippen molar-refractivity contribution >= 4 is 0 Å². The van der Waals surface area contributed by atoms with Gasteiger partial charge in [-0.05, 0) is 44.2 Å². The second-order valence-corrected chi connectivity index (χ2v) is 5.03. The lowest BCUT2D eigenvalue weighted by Crippen LogP contribution is -2.06. The van der Waals surface area contributed by atoms with Gasteiger partial charge in [-0.1, -0.05) is 11.3 Å². The van der Waals surface area contributed by atoms with Crippen molar-refractivity contribution in [2.24, 2.45) is 0 Å². The molecule has 2 aromatic rings. The molecule has 5 heteroatoms. The monoisotopic (exact) mass is 274 g/mol. The number of nitrogens with zero attached hydrogens (tertiary/aromatic N) is 3. The molecular formula is C15H22N4O. The molecule has 0 bridgehead atoms. The third-order valence-corrected chi connectivity index (χ3v) is 2.94. The van der Waals surface area contributed by atoms with Crippen LogP contribution in [0.4, 0.5) is 0 Å². The fraction of sp³-hybridized carbons (Fsp3) is 0.467. The molecule has 1 N–H and O–H groups in total. The summed E-state index contributed by atoms with van der Waals surface area (Å²) in [6.07, 6.45) is 2.88. The highest BCUT2D eigenvalue weighted by Gasteiger charge is 2.00. The lowest BCUT2D eigenvalue weighted by Gasteiger charge is -2.08. The Bertz CT molecular complexity index is 530. The molecule has 0 unspecified atom stereocenters. The van der Waals surface area contributed by atoms with Crippen LogP contribution in [0.5, 0.6) is 5.75 Å². The molecule has 108 valence electrons. The molecule has 0 atom stereocenters. The standard InChI is InChI=1S/C15H22N4O/c1-12-7-13(2)9-15(8-12)20-6-4-5-19-11-14(10-16-3)17-18-19/h7-9,11,16H,4-6,10H2,1-3H3. The number of hydrogen-bond acceptors (Lipinski definition) is 4. The highest BCUT2D eigenvalue weighted by molar-refractivity contribution is 5.32. The van der Waals surface area contributed by atoms with Gasteiger partial charge in [0.05, 0.1) is 12.3 Å². The van der Waals surface area contributed by atoms with Crippen LogP contribution in [-0.2, 0) is 13.1 Å². The molecule has 1 aromatic carbocycles. The second kappa shape index (κ2) is 7.05. The van der Waals surface area contributed by atoms with E-state index in [0.29, 0.717) is 6.61 Å². The summed E-state index contributed by atoms with van der Waals surface area (Å²) in [5.41, 5.74) is 3.42. The Morgan fingerprint density at radius 2 is 1.95 bits per heavy atom. The minimum absolute atomic E-state index is 0.685. The molecule has 0 spiro atoms. The molecule has 0 aliphatic heterocycles. The first-order valence-electron chi connectivity index (χ1n) is 6.92. The molecule has 1 aromatic heterocycles. The number of nitrogens with one attached hydrogen (secondary N) is 1. The van der Waals surface area contributed by atoms with Crippen LogP contribution in [0.25, 0.3) is 0 Å². The summed E-state index contributed by atoms with van der Waals surface area (Å²) in [4.78, 5) is 0. The van der Waals surface area contributed by atoms with Gasteiger partial charge >= 0.3 is 0 Å². The third kappa shape index (κ3) is 4.35. The number of benzene rings is 1. The highest BCUT2D eigenvalue weighted by Crippen LogP contribution is 2.16. The Morgan fingerprint density at radius 3 is 2.65 bits per heavy atom. The molecular weight excluding hydrogens is 252 g/mol. The maximum atomic E-state index is 5.77. The van der Waals surface area contributed by atoms with Gasteiger partial charge in [-0.15, -0.1) is 5.10 Å². The van der Waals surface area contributed by atoms with Gasteiger partial charge < -0.3 is 10.1 Å². The molecule has 0 saturated carbocycles. The molecule has 0 aliphatic rings. The van der Waals surface area contributed by atoms with Gasteiger partial charge in [0.2, 0.25) is 0 Å². The number of aryl methyl sites for hydroxylation is 3. The van der Waals surface area contributed by atoms with Crippen LogP contribution in [-0.4, -0.2) is 28.6 Å². The lowest BCUT2D eigenvalue weighted by atomic mass is 10.1. The largest absolute Gasteiger partial charge is 0.494 e. The van der Waals surface area contributed by atoms with Gasteiger partial charge in [0.15, 0.2) is 0 Å². The van der Waals surface area contributed by atoms with Crippen molar-refractivity contribution in [2.45, 2.75) is 33.4 Å². The lowest BCUT2D eigenvalue weighted by molar-refractivity contribution is 0.297. The first-order valence-corrected chi connectivity index (χ1v) is 6.92. The van der Waals surface area contributed by atoms with E-state index in [1.807, 2.05) is 17.9 Å². The second-order valence-electron chi connectivity index (χ2n) is 5.03. The fourth-order valence-corrected chi connectivity index (χ4v) is 2.14. The molecule has 0 radical (unpaired) electrons. The summed E-state index contributed by atoms with van der Waals surface area (Å²) in [6, 6.07) is 6.27. The van der Waals surface area contributed by atoms with Crippen molar-refractivity contribution in [3.8, 4) is 5.75 Å². The smallest absolute Gasteiger partial charge is 0.119 e. The average molecular weight is 274 g/mol. The van der Waals surface area contributed by atoms with Crippen LogP contribution >= 0.6 is 0 Å². The number of hydrogen-bond donors (Lipinski definition) is 1. The van der Waals surface area contributed by atoms with E-state index in [0.717, 1.165) is 31.0 Å². The maximum Gasteiger partial charge on any atom is 0.119 e. The van der Waals surface area contributed by atoms with Crippen LogP contribution < -0.4 is 10.1 Å². The van der Waals surface area contributed by atoms with Crippen molar-refractivity contribution < 1.29 is 4.74 Å². The van der Waals surface area contributed by atoms with E-state index in [-0.39, 0.29) is 0 Å². The van der Waals surface area contributed by atoms with Gasteiger partial charge in [0, 0.05) is 25.7 Å². The quantitative estimate of drug-likeness (QED) is 0.785. The van der Waals surface area contributed by atoms with E-state index in [1.54, 1.807) is 0 Å². The SMILES string of the molecule is CNCc1cn(CCCOc2cc(C)cc(C)c2)nn1. The Morgan fingerprint density at radius 1 is 1.20 bits per heavy atom. The molecule has 5 nitrogen and oxygen atoms in total. The first kappa shape index (κ1) is 14.5. The van der Waals surface area contributed by atoms with Crippen molar-refractivity contribution in [1.82, 2.24) is 20.3 Å². The Balaban J connectivity index is 1.75. The van der Waals surface area contributed by atoms with Gasteiger partial charge in [-0.3, -0.25) is 4.68 Å². The minimum atomic E-state index is 0.685. The molecule has 2 rings (SSSR count). The molecule has 0 fully saturated rings. The number of rotatable bonds is 7. The van der Waals surface area contributed by atoms with Crippen molar-refractivity contribution in [1.29, 1.82) is 0 Å². The number of ether oxygens (including phenoxy) is 1. The van der Waals surface area contributed by atoms with Gasteiger partial charge in [-0.25, -0.2) is 0 Å². The van der Waals surface area contributed by atoms with Gasteiger partial charge in [0.25, 0.3) is 0 Å². The van der Waals surface area contributed by atoms with Gasteiger partial charge in [0.1, 0.15) is 5.75 Å². The Kier molecular flexibility index (Phi) is 5.12. The Labute approximate surface area is 120 Å². The average Bonchev–Trinajstić information content (AvgIpc) is 2.82. The molecule has 0 amide bonds. The van der Waals surface area contributed by atoms with Crippen LogP contribution in [0, 0.1) is 13.8 Å². The molecule has 0 saturated heterocycles. The fourth-order valence-electron chi connectivity index (χ4n) is 2.14. The third-order valence-electron chi connectivity index (χ3n) is 2.94. The van der Waals surface area contributed by atoms with E-state index in [9.17, 15) is 0 Å². The summed E-state index contributed by atoms with van der Waals surface area (Å²) >= 11 is 0. The van der Waals surface area contributed by atoms with Crippen LogP contribution in [0.1, 0.15) is 23.2 Å². The van der Waals surface area contributed by atoms with Gasteiger partial charge in [-0.2, -0.15) is 0 Å². The highest BCUT2D eigenvalue weighted by atomic mass is 16.5. The summed E-state index contributed by atoms with van der Waals surface area (Å²) < 4.78 is 7.63. The zero-order chi connectivity index (χ0) is 14.4. The summed E-state index contributed by atoms with van der Waals surface area (Å²) in [6.45, 7) is 6.42. The predicted octanol–water partition coefficient (Wildman–Crippen LogP) is 2.08. The van der Waals surface area contributed by atoms with E-state index in [2.05, 4.69) is 47.7 Å². The van der Waals surface area contributed by atoms with Crippen LogP contribution in [0.2, 0.25) is 0 Å². The molecule has 0 aliphatic carbocycles. The van der Waals surface area contributed by atoms with E-state index < -0.39 is 0 Å². The van der Waals surface area contributed by atoms with E-state index in [4.69, 9.17) is 4.74 Å². The number of aromatic nitrogens is 3.